The fourth-order valence-electron chi connectivity index (χ4n) is 4.45. The molecule has 0 amide bonds. The first-order valence-electron chi connectivity index (χ1n) is 11.6. The molecule has 6 nitrogen and oxygen atoms in total. The van der Waals surface area contributed by atoms with Crippen molar-refractivity contribution in [3.05, 3.63) is 77.7 Å². The first kappa shape index (κ1) is 23.5. The predicted molar refractivity (Wildman–Crippen MR) is 130 cm³/mol. The normalized spacial score (nSPS) is 18.2. The van der Waals surface area contributed by atoms with Crippen LogP contribution in [0.5, 0.6) is 5.75 Å². The molecule has 7 heteroatoms. The molecule has 0 fully saturated rings. The largest absolute Gasteiger partial charge is 0.493 e. The van der Waals surface area contributed by atoms with Crippen LogP contribution in [0.2, 0.25) is 0 Å². The summed E-state index contributed by atoms with van der Waals surface area (Å²) in [6.45, 7) is 5.45. The number of aromatic nitrogens is 2. The van der Waals surface area contributed by atoms with Crippen molar-refractivity contribution in [2.45, 2.75) is 50.6 Å². The van der Waals surface area contributed by atoms with E-state index in [9.17, 15) is 8.42 Å². The smallest absolute Gasteiger partial charge is 0.259 e. The predicted octanol–water partition coefficient (Wildman–Crippen LogP) is 4.67. The van der Waals surface area contributed by atoms with Crippen molar-refractivity contribution in [2.75, 3.05) is 6.61 Å². The van der Waals surface area contributed by atoms with Gasteiger partial charge in [0, 0.05) is 25.7 Å². The molecule has 1 aromatic heterocycles. The second-order valence-corrected chi connectivity index (χ2v) is 11.1. The molecule has 3 aromatic rings. The lowest BCUT2D eigenvalue weighted by molar-refractivity contribution is 0.177. The Morgan fingerprint density at radius 1 is 1.15 bits per heavy atom. The fraction of sp³-hybridized carbons (Fsp3) is 0.423. The Morgan fingerprint density at radius 2 is 1.94 bits per heavy atom. The Morgan fingerprint density at radius 3 is 2.64 bits per heavy atom. The van der Waals surface area contributed by atoms with E-state index in [1.54, 1.807) is 11.6 Å². The van der Waals surface area contributed by atoms with Gasteiger partial charge in [0.25, 0.3) is 10.0 Å². The van der Waals surface area contributed by atoms with E-state index >= 15 is 0 Å². The summed E-state index contributed by atoms with van der Waals surface area (Å²) in [6, 6.07) is 16.6. The lowest BCUT2D eigenvalue weighted by Gasteiger charge is -2.35. The van der Waals surface area contributed by atoms with Gasteiger partial charge in [0.15, 0.2) is 5.03 Å². The van der Waals surface area contributed by atoms with Gasteiger partial charge in [-0.25, -0.2) is 18.1 Å². The quantitative estimate of drug-likeness (QED) is 0.496. The SMILES string of the molecule is CC(C)CCC1COc2ccc(CNS(=O)(=O)c3cn(C)cn3)cc2C1Cc1ccccc1. The van der Waals surface area contributed by atoms with E-state index in [0.717, 1.165) is 37.2 Å². The highest BCUT2D eigenvalue weighted by molar-refractivity contribution is 7.89. The number of sulfonamides is 1. The number of rotatable bonds is 9. The summed E-state index contributed by atoms with van der Waals surface area (Å²) in [5.41, 5.74) is 3.40. The van der Waals surface area contributed by atoms with Crippen molar-refractivity contribution in [3.8, 4) is 5.75 Å². The number of benzene rings is 2. The monoisotopic (exact) mass is 467 g/mol. The number of nitrogens with zero attached hydrogens (tertiary/aromatic N) is 2. The highest BCUT2D eigenvalue weighted by atomic mass is 32.2. The second-order valence-electron chi connectivity index (χ2n) is 9.41. The average Bonchev–Trinajstić information content (AvgIpc) is 3.25. The molecule has 0 aliphatic carbocycles. The molecule has 2 heterocycles. The van der Waals surface area contributed by atoms with Crippen molar-refractivity contribution in [3.63, 3.8) is 0 Å². The maximum absolute atomic E-state index is 12.6. The van der Waals surface area contributed by atoms with Gasteiger partial charge in [-0.3, -0.25) is 0 Å². The Hall–Kier alpha value is -2.64. The maximum atomic E-state index is 12.6. The van der Waals surface area contributed by atoms with Crippen molar-refractivity contribution in [1.82, 2.24) is 14.3 Å². The van der Waals surface area contributed by atoms with Crippen molar-refractivity contribution >= 4 is 10.0 Å². The van der Waals surface area contributed by atoms with Crippen LogP contribution in [0.4, 0.5) is 0 Å². The molecule has 33 heavy (non-hydrogen) atoms. The van der Waals surface area contributed by atoms with Crippen LogP contribution in [0, 0.1) is 11.8 Å². The lowest BCUT2D eigenvalue weighted by atomic mass is 9.77. The molecule has 2 atom stereocenters. The summed E-state index contributed by atoms with van der Waals surface area (Å²) in [5, 5.41) is 0.0296. The fourth-order valence-corrected chi connectivity index (χ4v) is 5.45. The molecule has 2 aromatic carbocycles. The number of imidazole rings is 1. The van der Waals surface area contributed by atoms with Crippen molar-refractivity contribution in [1.29, 1.82) is 0 Å². The number of hydrogen-bond donors (Lipinski definition) is 1. The van der Waals surface area contributed by atoms with Crippen LogP contribution in [-0.2, 0) is 30.0 Å². The van der Waals surface area contributed by atoms with Gasteiger partial charge in [0.2, 0.25) is 0 Å². The van der Waals surface area contributed by atoms with Gasteiger partial charge >= 0.3 is 0 Å². The third-order valence-corrected chi connectivity index (χ3v) is 7.62. The molecule has 1 aliphatic heterocycles. The van der Waals surface area contributed by atoms with Gasteiger partial charge in [-0.2, -0.15) is 0 Å². The molecule has 0 bridgehead atoms. The molecule has 176 valence electrons. The Balaban J connectivity index is 1.57. The van der Waals surface area contributed by atoms with E-state index in [-0.39, 0.29) is 11.6 Å². The number of aryl methyl sites for hydroxylation is 1. The summed E-state index contributed by atoms with van der Waals surface area (Å²) >= 11 is 0. The van der Waals surface area contributed by atoms with Crippen molar-refractivity contribution in [2.24, 2.45) is 18.9 Å². The van der Waals surface area contributed by atoms with E-state index in [4.69, 9.17) is 4.74 Å². The van der Waals surface area contributed by atoms with Crippen LogP contribution in [0.25, 0.3) is 0 Å². The Kier molecular flexibility index (Phi) is 7.20. The van der Waals surface area contributed by atoms with Gasteiger partial charge in [0.1, 0.15) is 5.75 Å². The minimum Gasteiger partial charge on any atom is -0.493 e. The molecule has 0 spiro atoms. The molecular weight excluding hydrogens is 434 g/mol. The minimum atomic E-state index is -3.66. The molecule has 0 radical (unpaired) electrons. The van der Waals surface area contributed by atoms with Crippen LogP contribution in [0.1, 0.15) is 49.3 Å². The van der Waals surface area contributed by atoms with Gasteiger partial charge in [-0.05, 0) is 47.4 Å². The minimum absolute atomic E-state index is 0.0296. The molecule has 4 rings (SSSR count). The van der Waals surface area contributed by atoms with Crippen LogP contribution in [-0.4, -0.2) is 24.6 Å². The van der Waals surface area contributed by atoms with Gasteiger partial charge in [0.05, 0.1) is 12.9 Å². The number of fused-ring (bicyclic) bond motifs is 1. The van der Waals surface area contributed by atoms with Crippen molar-refractivity contribution < 1.29 is 13.2 Å². The summed E-state index contributed by atoms with van der Waals surface area (Å²) < 4.78 is 35.7. The third kappa shape index (κ3) is 5.84. The first-order chi connectivity index (χ1) is 15.8. The Labute approximate surface area is 197 Å². The van der Waals surface area contributed by atoms with Crippen LogP contribution >= 0.6 is 0 Å². The lowest BCUT2D eigenvalue weighted by Crippen LogP contribution is -2.28. The molecule has 0 saturated heterocycles. The summed E-state index contributed by atoms with van der Waals surface area (Å²) in [4.78, 5) is 3.97. The first-order valence-corrected chi connectivity index (χ1v) is 13.1. The van der Waals surface area contributed by atoms with Gasteiger partial charge < -0.3 is 9.30 Å². The zero-order chi connectivity index (χ0) is 23.4. The maximum Gasteiger partial charge on any atom is 0.259 e. The third-order valence-electron chi connectivity index (χ3n) is 6.33. The van der Waals surface area contributed by atoms with Gasteiger partial charge in [-0.15, -0.1) is 0 Å². The highest BCUT2D eigenvalue weighted by Crippen LogP contribution is 2.42. The summed E-state index contributed by atoms with van der Waals surface area (Å²) in [7, 11) is -1.91. The van der Waals surface area contributed by atoms with Crippen LogP contribution in [0.15, 0.2) is 66.1 Å². The zero-order valence-corrected chi connectivity index (χ0v) is 20.4. The molecule has 1 N–H and O–H groups in total. The second kappa shape index (κ2) is 10.1. The van der Waals surface area contributed by atoms with Crippen LogP contribution < -0.4 is 9.46 Å². The van der Waals surface area contributed by atoms with Gasteiger partial charge in [-0.1, -0.05) is 62.7 Å². The number of ether oxygens (including phenoxy) is 1. The summed E-state index contributed by atoms with van der Waals surface area (Å²) in [5.74, 6) is 2.33. The molecule has 2 unspecified atom stereocenters. The topological polar surface area (TPSA) is 73.2 Å². The van der Waals surface area contributed by atoms with E-state index in [1.807, 2.05) is 18.2 Å². The van der Waals surface area contributed by atoms with E-state index < -0.39 is 10.0 Å². The number of nitrogens with one attached hydrogen (secondary N) is 1. The highest BCUT2D eigenvalue weighted by Gasteiger charge is 2.31. The number of hydrogen-bond acceptors (Lipinski definition) is 4. The Bertz CT molecular complexity index is 1170. The van der Waals surface area contributed by atoms with E-state index in [1.165, 1.54) is 23.7 Å². The standard InChI is InChI=1S/C26H33N3O3S/c1-19(2)9-11-22-17-32-25-12-10-21(15-28-33(30,31)26-16-29(3)18-27-26)14-24(25)23(22)13-20-7-5-4-6-8-20/h4-8,10,12,14,16,18-19,22-23,28H,9,11,13,15,17H2,1-3H3. The van der Waals surface area contributed by atoms with Crippen LogP contribution in [0.3, 0.4) is 0 Å². The van der Waals surface area contributed by atoms with E-state index in [0.29, 0.717) is 17.8 Å². The molecule has 0 saturated carbocycles. The summed E-state index contributed by atoms with van der Waals surface area (Å²) in [6.07, 6.45) is 6.21. The molecule has 1 aliphatic rings. The average molecular weight is 468 g/mol. The zero-order valence-electron chi connectivity index (χ0n) is 19.6. The molecular formula is C26H33N3O3S. The van der Waals surface area contributed by atoms with E-state index in [2.05, 4.69) is 53.9 Å².